The van der Waals surface area contributed by atoms with E-state index in [1.807, 2.05) is 0 Å². The zero-order valence-electron chi connectivity index (χ0n) is 66.8. The van der Waals surface area contributed by atoms with Crippen molar-refractivity contribution in [3.8, 4) is 6.19 Å². The smallest absolute Gasteiger partial charge is 0.193 e. The van der Waals surface area contributed by atoms with Crippen LogP contribution >= 0.6 is 0 Å². The molecule has 0 unspecified atom stereocenters. The summed E-state index contributed by atoms with van der Waals surface area (Å²) in [5.74, 6) is 0. The van der Waals surface area contributed by atoms with Gasteiger partial charge in [0, 0.05) is 674 Å². The van der Waals surface area contributed by atoms with E-state index in [1.165, 1.54) is 6.19 Å². The highest BCUT2D eigenvalue weighted by molar-refractivity contribution is 4.56. The zero-order chi connectivity index (χ0) is 106. The molecule has 2 N–H and O–H groups in total. The highest BCUT2D eigenvalue weighted by atomic mass is 15.9. The third-order valence-corrected chi connectivity index (χ3v) is 5.87. The molecule has 0 rings (SSSR count). The number of nitrogens with one attached hydrogen (secondary N) is 2. The molecule has 149 heavy (non-hydrogen) atoms. The molecule has 0 saturated carbocycles. The van der Waals surface area contributed by atoms with E-state index >= 15 is 0 Å². The van der Waals surface area contributed by atoms with Gasteiger partial charge in [-0.3, -0.25) is 0 Å². The lowest BCUT2D eigenvalue weighted by atomic mass is 11.4. The number of nitrogens with zero attached hydrogens (tertiary/aromatic N) is 146. The van der Waals surface area contributed by atoms with Crippen molar-refractivity contribution < 1.29 is 0 Å². The molecule has 148 nitrogen and oxygen atoms in total. The lowest BCUT2D eigenvalue weighted by molar-refractivity contribution is 0.722. The first-order valence-electron chi connectivity index (χ1n) is 29.7. The fourth-order valence-electron chi connectivity index (χ4n) is 2.61. The van der Waals surface area contributed by atoms with Crippen LogP contribution in [-0.4, -0.2) is 0 Å². The van der Waals surface area contributed by atoms with E-state index in [1.54, 1.807) is 5.43 Å². The summed E-state index contributed by atoms with van der Waals surface area (Å²) >= 11 is 0. The van der Waals surface area contributed by atoms with E-state index in [0.717, 1.165) is 0 Å². The third kappa shape index (κ3) is 118. The van der Waals surface area contributed by atoms with Gasteiger partial charge in [0.15, 0.2) is 6.19 Å². The minimum Gasteiger partial charge on any atom is -0.193 e. The fraction of sp³-hybridized carbons (Fsp3) is 0. The van der Waals surface area contributed by atoms with Crippen molar-refractivity contribution in [2.75, 3.05) is 0 Å². The lowest BCUT2D eigenvalue weighted by Gasteiger charge is -1.72. The largest absolute Gasteiger partial charge is 0.200 e. The zero-order valence-corrected chi connectivity index (χ0v) is 66.8. The van der Waals surface area contributed by atoms with Crippen molar-refractivity contribution in [1.29, 1.82) is 10.8 Å². The Morgan fingerprint density at radius 3 is 0.174 bits per heavy atom. The molecule has 0 aliphatic rings. The quantitative estimate of drug-likeness (QED) is 0.0259. The van der Waals surface area contributed by atoms with Crippen molar-refractivity contribution >= 4 is 0 Å². The SMILES string of the molecule is N#CN/N=N/N=N/N=N/N=N/N=N/N=N/N=N/N=N/N=N/N=N/N=N/N=N/N=N/N=N/N=N/N=N/N=N/N=N/N=N/N=N/N=N/N=N/N=N/N=N/N=N/N=N/N=N/N=N/N=N/N=N/N=N/N=N/N=N/N=N/N=N/N=N/N=N/N=N/N=N/N=N/N=N/N=N/N=N/N=N/N=N/N=N/N=N/N=N/N=N/N=N/N=N/N=N/N=N/N=N/N=N/N=N/N=N/N=N/N=N/N=N/N=N/N=N/N=N/N=N/N=N/N=N/N=N/N=N/N=N/N=N/N=N/N=N/N=N. The molecule has 0 aromatic rings. The summed E-state index contributed by atoms with van der Waals surface area (Å²) < 4.78 is 0. The molecule has 746 valence electrons. The van der Waals surface area contributed by atoms with E-state index in [-0.39, 0.29) is 0 Å². The Morgan fingerprint density at radius 2 is 0.128 bits per heavy atom. The Kier molecular flexibility index (Phi) is 94.4. The first-order valence-corrected chi connectivity index (χ1v) is 29.7. The monoisotopic (exact) mass is 2090 g/mol. The molecule has 0 atom stereocenters. The number of nitriles is 1. The Labute approximate surface area is 779 Å². The maximum atomic E-state index is 8.10. The van der Waals surface area contributed by atoms with Gasteiger partial charge in [0.25, 0.3) is 0 Å². The average Bonchev–Trinajstić information content (AvgIpc) is 1.08. The van der Waals surface area contributed by atoms with Crippen molar-refractivity contribution in [1.82, 2.24) is 5.43 Å². The first-order chi connectivity index (χ1) is 74.4. The summed E-state index contributed by atoms with van der Waals surface area (Å²) in [4.78, 5) is 0. The molecule has 0 radical (unpaired) electrons. The Hall–Kier alpha value is -29.9. The molecule has 148 heteroatoms. The second-order valence-electron chi connectivity index (χ2n) is 13.2. The summed E-state index contributed by atoms with van der Waals surface area (Å²) in [6.45, 7) is 0. The van der Waals surface area contributed by atoms with Crippen LogP contribution in [0.1, 0.15) is 0 Å². The Balaban J connectivity index is 4.14. The van der Waals surface area contributed by atoms with Crippen LogP contribution in [0.3, 0.4) is 0 Å². The summed E-state index contributed by atoms with van der Waals surface area (Å²) in [5, 5.41) is 442. The molecule has 0 amide bonds. The molecule has 0 aliphatic carbocycles. The maximum Gasteiger partial charge on any atom is 0.200 e. The molecule has 0 bridgehead atoms. The second-order valence-corrected chi connectivity index (χ2v) is 13.2. The average molecular weight is 2090 g/mol. The summed E-state index contributed by atoms with van der Waals surface area (Å²) in [5.41, 5.74) is 8.07. The summed E-state index contributed by atoms with van der Waals surface area (Å²) in [7, 11) is 0. The van der Waals surface area contributed by atoms with Gasteiger partial charge in [-0.1, -0.05) is 0 Å². The van der Waals surface area contributed by atoms with Crippen LogP contribution in [0.2, 0.25) is 0 Å². The standard InChI is InChI=1S/CH2N148/c2-1-4-6-8-10-12-14-16-18-20-22-24-26-28-30-32-34-36-38-40-42-44-46-48-50-52-54-56-58-60-62-64-66-68-70-72-74-76-78-80-82-84-86-88-90-92-94-96-98-100-102-104-106-108-110-112-114-116-118-120-122-124-126-128-130-132-134-136-138-140-142-144-146-148-149-147-145-143-141-139-137-135-133-131-129-127-125-123-121-119-117-115-113-111-109-107-105-103-101-99-97-95-93-91-89-87-85-83-81-79-77-75-73-71-69-67-65-63-61-59-57-55-53-51-49-47-45-43-41-39-37-35-33-31-29-27-25-23-21-19-17-15-13-11-9-7-5-3/h(H2,3,4,7,8,11,12,15,16,19,20,23,24,27,28,31,32,35,36,39,40,43,44,47,48,51,52,55,56,59,60,63,64,67,68,71,72,75,76,79,80,83,84,87,88,91,92,95,96,99,100,103,104,107,108,111,112,115,116,119,120,123,124,127,128,131,132,135,136,139,140,143,144,147,148). The minimum absolute atomic E-state index is 1.43. The second kappa shape index (κ2) is 118. The van der Waals surface area contributed by atoms with Crippen LogP contribution in [0.25, 0.3) is 0 Å². The van der Waals surface area contributed by atoms with Gasteiger partial charge in [0.05, 0.1) is 0 Å². The first kappa shape index (κ1) is 119. The van der Waals surface area contributed by atoms with Gasteiger partial charge >= 0.3 is 0 Å². The predicted octanol–water partition coefficient (Wildman–Crippen LogP) is 26.4. The van der Waals surface area contributed by atoms with Crippen LogP contribution < -0.4 is 5.43 Å². The summed E-state index contributed by atoms with van der Waals surface area (Å²) in [6.07, 6.45) is 1.43. The van der Waals surface area contributed by atoms with Gasteiger partial charge in [0.2, 0.25) is 0 Å². The van der Waals surface area contributed by atoms with Crippen molar-refractivity contribution in [2.24, 2.45) is 757 Å². The molecule has 0 heterocycles. The Morgan fingerprint density at radius 1 is 0.0805 bits per heavy atom. The van der Waals surface area contributed by atoms with Crippen molar-refractivity contribution in [3.05, 3.63) is 0 Å². The fourth-order valence-corrected chi connectivity index (χ4v) is 2.61. The van der Waals surface area contributed by atoms with Crippen molar-refractivity contribution in [3.63, 3.8) is 0 Å². The molecule has 0 aromatic heterocycles. The molecular weight excluding hydrogens is 2090 g/mol. The number of hydrogen-bond acceptors (Lipinski definition) is 3. The molecule has 0 aliphatic heterocycles. The number of hydrogen-bond donors (Lipinski definition) is 2. The van der Waals surface area contributed by atoms with E-state index < -0.39 is 0 Å². The highest BCUT2D eigenvalue weighted by Crippen LogP contribution is 2.03. The van der Waals surface area contributed by atoms with Crippen LogP contribution in [0.4, 0.5) is 0 Å². The number of rotatable bonds is 73. The topological polar surface area (TPSA) is 1850 Å². The van der Waals surface area contributed by atoms with Gasteiger partial charge < -0.3 is 0 Å². The molecule has 0 aromatic carbocycles. The van der Waals surface area contributed by atoms with Gasteiger partial charge in [-0.15, -0.1) is 0 Å². The molecule has 0 fully saturated rings. The van der Waals surface area contributed by atoms with Gasteiger partial charge in [-0.05, 0) is 83.6 Å². The predicted molar refractivity (Wildman–Crippen MR) is 364 cm³/mol. The summed E-state index contributed by atoms with van der Waals surface area (Å²) in [6, 6.07) is 0. The normalized spacial score (nSPS) is 15.6. The van der Waals surface area contributed by atoms with E-state index in [9.17, 15) is 0 Å². The highest BCUT2D eigenvalue weighted by Gasteiger charge is 1.85. The van der Waals surface area contributed by atoms with Crippen LogP contribution in [0.15, 0.2) is 757 Å². The van der Waals surface area contributed by atoms with Gasteiger partial charge in [0.1, 0.15) is 0 Å². The maximum absolute atomic E-state index is 8.10. The minimum atomic E-state index is 1.43. The van der Waals surface area contributed by atoms with E-state index in [2.05, 4.69) is 757 Å². The van der Waals surface area contributed by atoms with Crippen LogP contribution in [0.5, 0.6) is 0 Å². The lowest BCUT2D eigenvalue weighted by Crippen LogP contribution is -1.88. The molecule has 0 saturated heterocycles. The van der Waals surface area contributed by atoms with E-state index in [4.69, 9.17) is 10.8 Å². The van der Waals surface area contributed by atoms with E-state index in [0.29, 0.717) is 0 Å². The van der Waals surface area contributed by atoms with Gasteiger partial charge in [-0.25, -0.2) is 0 Å². The van der Waals surface area contributed by atoms with Crippen molar-refractivity contribution in [2.45, 2.75) is 0 Å². The van der Waals surface area contributed by atoms with Crippen LogP contribution in [0, 0.1) is 17.0 Å². The molecular formula is CH2N148. The third-order valence-electron chi connectivity index (χ3n) is 5.87. The Bertz CT molecular complexity index is 5390. The molecule has 0 spiro atoms. The van der Waals surface area contributed by atoms with Crippen LogP contribution in [-0.2, 0) is 0 Å². The van der Waals surface area contributed by atoms with Gasteiger partial charge in [-0.2, -0.15) is 16.2 Å².